The number of carbonyl (C=O) groups excluding carboxylic acids is 1. The van der Waals surface area contributed by atoms with Crippen LogP contribution in [0.4, 0.5) is 0 Å². The average Bonchev–Trinajstić information content (AvgIpc) is 2.82. The minimum atomic E-state index is -3.92. The van der Waals surface area contributed by atoms with Crippen molar-refractivity contribution in [1.29, 1.82) is 0 Å². The number of benzene rings is 2. The van der Waals surface area contributed by atoms with E-state index in [9.17, 15) is 13.2 Å². The highest BCUT2D eigenvalue weighted by atomic mass is 32.2. The maximum atomic E-state index is 13.5. The van der Waals surface area contributed by atoms with Gasteiger partial charge in [-0.2, -0.15) is 16.1 Å². The van der Waals surface area contributed by atoms with Crippen LogP contribution in [0, 0.1) is 5.92 Å². The molecule has 2 aromatic carbocycles. The number of rotatable bonds is 13. The first-order valence-electron chi connectivity index (χ1n) is 10.7. The molecule has 0 aliphatic rings. The second-order valence-corrected chi connectivity index (χ2v) is 10.9. The predicted octanol–water partition coefficient (Wildman–Crippen LogP) is 4.22. The van der Waals surface area contributed by atoms with Gasteiger partial charge in [-0.25, -0.2) is 8.42 Å². The SMILES string of the molecule is COC(=O)C(CCSCc1cccc(OC)c1)N(CC(C)C)S(=O)(=O)c1ccc(OC)cc1. The maximum absolute atomic E-state index is 13.5. The zero-order chi connectivity index (χ0) is 24.4. The van der Waals surface area contributed by atoms with Crippen LogP contribution in [-0.2, 0) is 25.3 Å². The van der Waals surface area contributed by atoms with Crippen LogP contribution >= 0.6 is 11.8 Å². The van der Waals surface area contributed by atoms with E-state index in [0.29, 0.717) is 17.9 Å². The van der Waals surface area contributed by atoms with Gasteiger partial charge >= 0.3 is 5.97 Å². The van der Waals surface area contributed by atoms with Gasteiger partial charge in [0.2, 0.25) is 10.0 Å². The van der Waals surface area contributed by atoms with Gasteiger partial charge in [-0.05, 0) is 60.1 Å². The molecule has 0 aromatic heterocycles. The van der Waals surface area contributed by atoms with Crippen molar-refractivity contribution in [3.63, 3.8) is 0 Å². The summed E-state index contributed by atoms with van der Waals surface area (Å²) in [4.78, 5) is 12.8. The summed E-state index contributed by atoms with van der Waals surface area (Å²) < 4.78 is 43.7. The third-order valence-corrected chi connectivity index (χ3v) is 7.92. The molecule has 0 saturated carbocycles. The molecule has 2 rings (SSSR count). The molecule has 0 heterocycles. The number of hydrogen-bond donors (Lipinski definition) is 0. The monoisotopic (exact) mass is 495 g/mol. The molecule has 0 saturated heterocycles. The van der Waals surface area contributed by atoms with Gasteiger partial charge in [-0.1, -0.05) is 26.0 Å². The quantitative estimate of drug-likeness (QED) is 0.304. The van der Waals surface area contributed by atoms with E-state index in [1.807, 2.05) is 38.1 Å². The number of carbonyl (C=O) groups is 1. The largest absolute Gasteiger partial charge is 0.497 e. The van der Waals surface area contributed by atoms with Crippen LogP contribution in [0.1, 0.15) is 25.8 Å². The van der Waals surface area contributed by atoms with Crippen molar-refractivity contribution >= 4 is 27.8 Å². The van der Waals surface area contributed by atoms with Gasteiger partial charge in [-0.15, -0.1) is 0 Å². The second kappa shape index (κ2) is 12.9. The van der Waals surface area contributed by atoms with Gasteiger partial charge in [0.15, 0.2) is 0 Å². The number of ether oxygens (including phenoxy) is 3. The fourth-order valence-corrected chi connectivity index (χ4v) is 6.02. The Hall–Kier alpha value is -2.23. The zero-order valence-corrected chi connectivity index (χ0v) is 21.4. The minimum absolute atomic E-state index is 0.0228. The Morgan fingerprint density at radius 3 is 2.24 bits per heavy atom. The molecule has 0 aliphatic carbocycles. The number of sulfonamides is 1. The van der Waals surface area contributed by atoms with Crippen molar-refractivity contribution in [2.75, 3.05) is 33.6 Å². The van der Waals surface area contributed by atoms with Crippen LogP contribution in [0.5, 0.6) is 11.5 Å². The molecule has 7 nitrogen and oxygen atoms in total. The Bertz CT molecular complexity index is 992. The van der Waals surface area contributed by atoms with Crippen molar-refractivity contribution in [3.8, 4) is 11.5 Å². The van der Waals surface area contributed by atoms with Crippen LogP contribution in [0.2, 0.25) is 0 Å². The lowest BCUT2D eigenvalue weighted by Gasteiger charge is -2.30. The van der Waals surface area contributed by atoms with E-state index in [2.05, 4.69) is 0 Å². The molecule has 1 unspecified atom stereocenters. The highest BCUT2D eigenvalue weighted by Gasteiger charge is 2.36. The van der Waals surface area contributed by atoms with E-state index in [-0.39, 0.29) is 17.4 Å². The molecule has 9 heteroatoms. The predicted molar refractivity (Wildman–Crippen MR) is 131 cm³/mol. The highest BCUT2D eigenvalue weighted by Crippen LogP contribution is 2.26. The van der Waals surface area contributed by atoms with Gasteiger partial charge in [-0.3, -0.25) is 4.79 Å². The van der Waals surface area contributed by atoms with Crippen LogP contribution in [0.3, 0.4) is 0 Å². The number of thioether (sulfide) groups is 1. The topological polar surface area (TPSA) is 82.1 Å². The zero-order valence-electron chi connectivity index (χ0n) is 19.8. The standard InChI is InChI=1S/C24H33NO6S2/c1-18(2)16-25(33(27,28)22-11-9-20(29-3)10-12-22)23(24(26)31-5)13-14-32-17-19-7-6-8-21(15-19)30-4/h6-12,15,18,23H,13-14,16-17H2,1-5H3. The number of nitrogens with zero attached hydrogens (tertiary/aromatic N) is 1. The molecule has 33 heavy (non-hydrogen) atoms. The first-order valence-corrected chi connectivity index (χ1v) is 13.3. The second-order valence-electron chi connectivity index (χ2n) is 7.88. The Morgan fingerprint density at radius 1 is 1.00 bits per heavy atom. The van der Waals surface area contributed by atoms with Crippen LogP contribution in [0.25, 0.3) is 0 Å². The van der Waals surface area contributed by atoms with Gasteiger partial charge in [0.05, 0.1) is 26.2 Å². The first kappa shape index (κ1) is 27.0. The van der Waals surface area contributed by atoms with E-state index < -0.39 is 22.0 Å². The van der Waals surface area contributed by atoms with Crippen LogP contribution in [0.15, 0.2) is 53.4 Å². The fourth-order valence-electron chi connectivity index (χ4n) is 3.30. The lowest BCUT2D eigenvalue weighted by atomic mass is 10.1. The summed E-state index contributed by atoms with van der Waals surface area (Å²) in [6.45, 7) is 4.04. The molecule has 1 atom stereocenters. The normalized spacial score (nSPS) is 12.6. The summed E-state index contributed by atoms with van der Waals surface area (Å²) in [5, 5.41) is 0. The summed E-state index contributed by atoms with van der Waals surface area (Å²) in [5.74, 6) is 2.12. The van der Waals surface area contributed by atoms with Crippen LogP contribution < -0.4 is 9.47 Å². The van der Waals surface area contributed by atoms with E-state index in [4.69, 9.17) is 14.2 Å². The highest BCUT2D eigenvalue weighted by molar-refractivity contribution is 7.98. The summed E-state index contributed by atoms with van der Waals surface area (Å²) >= 11 is 1.63. The molecule has 0 aliphatic heterocycles. The number of esters is 1. The van der Waals surface area contributed by atoms with E-state index >= 15 is 0 Å². The van der Waals surface area contributed by atoms with Crippen LogP contribution in [-0.4, -0.2) is 58.4 Å². The summed E-state index contributed by atoms with van der Waals surface area (Å²) in [6, 6.07) is 13.0. The molecule has 2 aromatic rings. The molecule has 182 valence electrons. The summed E-state index contributed by atoms with van der Waals surface area (Å²) in [7, 11) is 0.505. The minimum Gasteiger partial charge on any atom is -0.497 e. The lowest BCUT2D eigenvalue weighted by molar-refractivity contribution is -0.145. The summed E-state index contributed by atoms with van der Waals surface area (Å²) in [5.41, 5.74) is 1.10. The first-order chi connectivity index (χ1) is 15.7. The van der Waals surface area contributed by atoms with Crippen molar-refractivity contribution in [3.05, 3.63) is 54.1 Å². The summed E-state index contributed by atoms with van der Waals surface area (Å²) in [6.07, 6.45) is 0.337. The fraction of sp³-hybridized carbons (Fsp3) is 0.458. The lowest BCUT2D eigenvalue weighted by Crippen LogP contribution is -2.47. The van der Waals surface area contributed by atoms with Gasteiger partial charge in [0.25, 0.3) is 0 Å². The van der Waals surface area contributed by atoms with Gasteiger partial charge in [0, 0.05) is 12.3 Å². The molecule has 0 fully saturated rings. The average molecular weight is 496 g/mol. The van der Waals surface area contributed by atoms with E-state index in [1.54, 1.807) is 31.0 Å². The van der Waals surface area contributed by atoms with Gasteiger partial charge < -0.3 is 14.2 Å². The van der Waals surface area contributed by atoms with Gasteiger partial charge in [0.1, 0.15) is 17.5 Å². The van der Waals surface area contributed by atoms with Crippen molar-refractivity contribution in [1.82, 2.24) is 4.31 Å². The van der Waals surface area contributed by atoms with Crippen molar-refractivity contribution < 1.29 is 27.4 Å². The smallest absolute Gasteiger partial charge is 0.324 e. The third-order valence-electron chi connectivity index (χ3n) is 4.97. The molecule has 0 amide bonds. The molecule has 0 spiro atoms. The Morgan fingerprint density at radius 2 is 1.67 bits per heavy atom. The Labute approximate surface area is 201 Å². The number of methoxy groups -OCH3 is 3. The Kier molecular flexibility index (Phi) is 10.5. The number of hydrogen-bond acceptors (Lipinski definition) is 7. The van der Waals surface area contributed by atoms with Crippen molar-refractivity contribution in [2.45, 2.75) is 37.0 Å². The molecule has 0 radical (unpaired) electrons. The van der Waals surface area contributed by atoms with Crippen molar-refractivity contribution in [2.24, 2.45) is 5.92 Å². The molecular weight excluding hydrogens is 462 g/mol. The maximum Gasteiger partial charge on any atom is 0.324 e. The molecule has 0 bridgehead atoms. The van der Waals surface area contributed by atoms with E-state index in [1.165, 1.54) is 30.7 Å². The molecular formula is C24H33NO6S2. The Balaban J connectivity index is 2.20. The van der Waals surface area contributed by atoms with E-state index in [0.717, 1.165) is 17.1 Å². The molecule has 0 N–H and O–H groups in total. The third kappa shape index (κ3) is 7.65.